The van der Waals surface area contributed by atoms with Gasteiger partial charge in [-0.3, -0.25) is 14.6 Å². The van der Waals surface area contributed by atoms with E-state index in [0.717, 1.165) is 0 Å². The van der Waals surface area contributed by atoms with Gasteiger partial charge in [0.1, 0.15) is 11.5 Å². The normalized spacial score (nSPS) is 28.6. The number of ether oxygens (including phenoxy) is 2. The number of nitrogens with zero attached hydrogens (tertiary/aromatic N) is 1. The Hall–Kier alpha value is -2.90. The van der Waals surface area contributed by atoms with Crippen molar-refractivity contribution in [2.75, 3.05) is 13.7 Å². The van der Waals surface area contributed by atoms with Crippen LogP contribution in [0.2, 0.25) is 0 Å². The van der Waals surface area contributed by atoms with E-state index in [9.17, 15) is 14.0 Å². The second-order valence-corrected chi connectivity index (χ2v) is 7.04. The van der Waals surface area contributed by atoms with Crippen molar-refractivity contribution in [3.63, 3.8) is 0 Å². The molecule has 8 heteroatoms. The van der Waals surface area contributed by atoms with Gasteiger partial charge >= 0.3 is 0 Å². The first-order valence-corrected chi connectivity index (χ1v) is 8.77. The second kappa shape index (κ2) is 6.07. The first-order chi connectivity index (χ1) is 12.9. The highest BCUT2D eigenvalue weighted by Crippen LogP contribution is 2.59. The van der Waals surface area contributed by atoms with Crippen molar-refractivity contribution in [3.8, 4) is 11.5 Å². The summed E-state index contributed by atoms with van der Waals surface area (Å²) >= 11 is 0. The lowest BCUT2D eigenvalue weighted by molar-refractivity contribution is -0.126. The fourth-order valence-corrected chi connectivity index (χ4v) is 4.10. The monoisotopic (exact) mass is 373 g/mol. The van der Waals surface area contributed by atoms with E-state index in [-0.39, 0.29) is 23.4 Å². The Kier molecular flexibility index (Phi) is 3.94. The Morgan fingerprint density at radius 3 is 2.81 bits per heavy atom. The maximum atomic E-state index is 14.4. The van der Waals surface area contributed by atoms with Crippen molar-refractivity contribution in [2.24, 2.45) is 17.6 Å². The van der Waals surface area contributed by atoms with Gasteiger partial charge in [-0.15, -0.1) is 0 Å². The molecular formula is C19H20FN3O4. The van der Waals surface area contributed by atoms with Crippen LogP contribution < -0.4 is 20.5 Å². The van der Waals surface area contributed by atoms with Gasteiger partial charge in [-0.1, -0.05) is 6.92 Å². The fourth-order valence-electron chi connectivity index (χ4n) is 4.10. The largest absolute Gasteiger partial charge is 0.496 e. The summed E-state index contributed by atoms with van der Waals surface area (Å²) in [5.74, 6) is -0.732. The van der Waals surface area contributed by atoms with E-state index in [1.165, 1.54) is 7.11 Å². The zero-order chi connectivity index (χ0) is 19.3. The van der Waals surface area contributed by atoms with Crippen LogP contribution >= 0.6 is 0 Å². The third-order valence-corrected chi connectivity index (χ3v) is 5.65. The van der Waals surface area contributed by atoms with Gasteiger partial charge < -0.3 is 20.5 Å². The molecule has 0 radical (unpaired) electrons. The smallest absolute Gasteiger partial charge is 0.258 e. The number of hydrogen-bond donors (Lipinski definition) is 2. The maximum absolute atomic E-state index is 14.4. The molecule has 2 heterocycles. The molecule has 0 unspecified atom stereocenters. The Morgan fingerprint density at radius 1 is 1.41 bits per heavy atom. The molecule has 1 aliphatic carbocycles. The molecule has 1 aliphatic heterocycles. The van der Waals surface area contributed by atoms with E-state index in [1.54, 1.807) is 31.3 Å². The average Bonchev–Trinajstić information content (AvgIpc) is 3.10. The zero-order valence-electron chi connectivity index (χ0n) is 15.0. The van der Waals surface area contributed by atoms with Gasteiger partial charge in [0.2, 0.25) is 0 Å². The Labute approximate surface area is 155 Å². The van der Waals surface area contributed by atoms with E-state index < -0.39 is 17.5 Å². The Balaban J connectivity index is 1.51. The van der Waals surface area contributed by atoms with Crippen LogP contribution in [0.4, 0.5) is 4.39 Å². The maximum Gasteiger partial charge on any atom is 0.258 e. The fraction of sp³-hybridized carbons (Fsp3) is 0.421. The predicted octanol–water partition coefficient (Wildman–Crippen LogP) is 1.58. The number of fused-ring (bicyclic) bond motifs is 2. The van der Waals surface area contributed by atoms with Crippen LogP contribution in [0.15, 0.2) is 24.4 Å². The quantitative estimate of drug-likeness (QED) is 0.800. The number of amides is 2. The molecular weight excluding hydrogens is 353 g/mol. The number of halogens is 1. The number of rotatable bonds is 6. The standard InChI is InChI=1S/C19H20FN3O4/c1-9-16-12(23-18(25)19(9,16)20)4-6-27-14-3-5-22-13-7-11(17(21)24)15(26-2)8-10(13)14/h3,5,7-9,12,16H,4,6H2,1-2H3,(H2,21,24)(H,23,25)/t9-,12+,16+,19-/m0/s1. The molecule has 4 atom stereocenters. The topological polar surface area (TPSA) is 104 Å². The number of carbonyl (C=O) groups is 2. The lowest BCUT2D eigenvalue weighted by atomic mass is 10.1. The molecule has 2 aliphatic rings. The number of hydrogen-bond acceptors (Lipinski definition) is 5. The minimum atomic E-state index is -1.70. The molecule has 3 N–H and O–H groups in total. The SMILES string of the molecule is COc1cc2c(OCC[C@H]3NC(=O)[C@@]4(F)[C@@H]3[C@@H]4C)ccnc2cc1C(N)=O. The molecule has 4 rings (SSSR count). The van der Waals surface area contributed by atoms with Crippen LogP contribution in [-0.4, -0.2) is 42.2 Å². The third kappa shape index (κ3) is 2.58. The minimum absolute atomic E-state index is 0.221. The first-order valence-electron chi connectivity index (χ1n) is 8.77. The minimum Gasteiger partial charge on any atom is -0.496 e. The van der Waals surface area contributed by atoms with E-state index in [4.69, 9.17) is 15.2 Å². The van der Waals surface area contributed by atoms with Crippen LogP contribution in [0, 0.1) is 11.8 Å². The number of nitrogens with one attached hydrogen (secondary N) is 1. The van der Waals surface area contributed by atoms with Crippen LogP contribution in [0.5, 0.6) is 11.5 Å². The van der Waals surface area contributed by atoms with Gasteiger partial charge in [0.05, 0.1) is 24.8 Å². The van der Waals surface area contributed by atoms with Gasteiger partial charge in [-0.05, 0) is 18.2 Å². The molecule has 2 aromatic rings. The first kappa shape index (κ1) is 17.5. The average molecular weight is 373 g/mol. The summed E-state index contributed by atoms with van der Waals surface area (Å²) in [5, 5.41) is 3.38. The van der Waals surface area contributed by atoms with Crippen molar-refractivity contribution < 1.29 is 23.5 Å². The third-order valence-electron chi connectivity index (χ3n) is 5.65. The molecule has 0 bridgehead atoms. The highest BCUT2D eigenvalue weighted by molar-refractivity contribution is 6.01. The van der Waals surface area contributed by atoms with E-state index in [0.29, 0.717) is 35.4 Å². The summed E-state index contributed by atoms with van der Waals surface area (Å²) in [6.45, 7) is 2.07. The summed E-state index contributed by atoms with van der Waals surface area (Å²) in [6, 6.07) is 4.70. The van der Waals surface area contributed by atoms with E-state index >= 15 is 0 Å². The van der Waals surface area contributed by atoms with Crippen molar-refractivity contribution >= 4 is 22.7 Å². The van der Waals surface area contributed by atoms with Gasteiger partial charge in [-0.25, -0.2) is 4.39 Å². The molecule has 1 saturated heterocycles. The Bertz CT molecular complexity index is 950. The zero-order valence-corrected chi connectivity index (χ0v) is 15.0. The summed E-state index contributed by atoms with van der Waals surface area (Å²) < 4.78 is 25.5. The highest BCUT2D eigenvalue weighted by atomic mass is 19.1. The summed E-state index contributed by atoms with van der Waals surface area (Å²) in [4.78, 5) is 27.5. The number of benzene rings is 1. The number of nitrogens with two attached hydrogens (primary N) is 1. The summed E-state index contributed by atoms with van der Waals surface area (Å²) in [5.41, 5.74) is 4.47. The van der Waals surface area contributed by atoms with Crippen LogP contribution in [0.25, 0.3) is 10.9 Å². The van der Waals surface area contributed by atoms with Gasteiger partial charge in [0.25, 0.3) is 11.8 Å². The van der Waals surface area contributed by atoms with Crippen LogP contribution in [-0.2, 0) is 4.79 Å². The van der Waals surface area contributed by atoms with Gasteiger partial charge in [0.15, 0.2) is 5.67 Å². The second-order valence-electron chi connectivity index (χ2n) is 7.04. The summed E-state index contributed by atoms with van der Waals surface area (Å²) in [7, 11) is 1.45. The number of alkyl halides is 1. The molecule has 1 saturated carbocycles. The van der Waals surface area contributed by atoms with Crippen molar-refractivity contribution in [1.29, 1.82) is 0 Å². The Morgan fingerprint density at radius 2 is 2.19 bits per heavy atom. The van der Waals surface area contributed by atoms with E-state index in [1.807, 2.05) is 0 Å². The molecule has 1 aromatic heterocycles. The number of piperidine rings is 1. The summed E-state index contributed by atoms with van der Waals surface area (Å²) in [6.07, 6.45) is 2.08. The number of primary amides is 1. The molecule has 27 heavy (non-hydrogen) atoms. The number of carbonyl (C=O) groups excluding carboxylic acids is 2. The van der Waals surface area contributed by atoms with Crippen LogP contribution in [0.3, 0.4) is 0 Å². The number of aromatic nitrogens is 1. The van der Waals surface area contributed by atoms with Crippen LogP contribution in [0.1, 0.15) is 23.7 Å². The lowest BCUT2D eigenvalue weighted by Gasteiger charge is -2.16. The predicted molar refractivity (Wildman–Crippen MR) is 95.3 cm³/mol. The number of pyridine rings is 1. The lowest BCUT2D eigenvalue weighted by Crippen LogP contribution is -2.35. The van der Waals surface area contributed by atoms with Crippen molar-refractivity contribution in [2.45, 2.75) is 25.1 Å². The molecule has 0 spiro atoms. The van der Waals surface area contributed by atoms with Crippen molar-refractivity contribution in [1.82, 2.24) is 10.3 Å². The highest BCUT2D eigenvalue weighted by Gasteiger charge is 2.75. The van der Waals surface area contributed by atoms with Gasteiger partial charge in [-0.2, -0.15) is 0 Å². The molecule has 2 fully saturated rings. The molecule has 142 valence electrons. The number of methoxy groups -OCH3 is 1. The van der Waals surface area contributed by atoms with Crippen molar-refractivity contribution in [3.05, 3.63) is 30.0 Å². The molecule has 1 aromatic carbocycles. The van der Waals surface area contributed by atoms with E-state index in [2.05, 4.69) is 10.3 Å². The molecule has 2 amide bonds. The molecule has 7 nitrogen and oxygen atoms in total. The van der Waals surface area contributed by atoms with Gasteiger partial charge in [0, 0.05) is 35.9 Å².